The first-order valence-corrected chi connectivity index (χ1v) is 8.57. The quantitative estimate of drug-likeness (QED) is 0.332. The molecule has 0 fully saturated rings. The molecule has 3 nitrogen and oxygen atoms in total. The van der Waals surface area contributed by atoms with Gasteiger partial charge in [-0.1, -0.05) is 60.9 Å². The van der Waals surface area contributed by atoms with Gasteiger partial charge in [0.1, 0.15) is 0 Å². The number of hydrogen-bond donors (Lipinski definition) is 1. The fraction of sp³-hybridized carbons (Fsp3) is 1.00. The molecular formula is C11H24BrO3P. The normalized spacial score (nSPS) is 12.9. The Kier molecular flexibility index (Phi) is 14.2. The predicted molar refractivity (Wildman–Crippen MR) is 72.5 cm³/mol. The van der Waals surface area contributed by atoms with Gasteiger partial charge in [0.15, 0.2) is 0 Å². The summed E-state index contributed by atoms with van der Waals surface area (Å²) in [6.07, 6.45) is 11.1. The van der Waals surface area contributed by atoms with Crippen molar-refractivity contribution in [3.05, 3.63) is 0 Å². The number of hydrogen-bond acceptors (Lipinski definition) is 2. The van der Waals surface area contributed by atoms with E-state index in [1.807, 2.05) is 0 Å². The number of halogens is 1. The molecule has 0 rings (SSSR count). The third-order valence-electron chi connectivity index (χ3n) is 2.50. The summed E-state index contributed by atoms with van der Waals surface area (Å²) in [4.78, 5) is 8.42. The van der Waals surface area contributed by atoms with Crippen LogP contribution in [0.4, 0.5) is 0 Å². The highest BCUT2D eigenvalue weighted by Crippen LogP contribution is 2.16. The summed E-state index contributed by atoms with van der Waals surface area (Å²) in [5, 5.41) is 1.13. The Bertz CT molecular complexity index is 167. The second-order valence-electron chi connectivity index (χ2n) is 3.99. The summed E-state index contributed by atoms with van der Waals surface area (Å²) >= 11 is 3.43. The van der Waals surface area contributed by atoms with Crippen molar-refractivity contribution < 1.29 is 14.0 Å². The van der Waals surface area contributed by atoms with Crippen LogP contribution >= 0.6 is 24.2 Å². The first-order valence-electron chi connectivity index (χ1n) is 6.19. The topological polar surface area (TPSA) is 46.5 Å². The molecular weight excluding hydrogens is 291 g/mol. The third kappa shape index (κ3) is 14.6. The standard InChI is InChI=1S/C11H24BrO3P/c12-10-8-6-4-2-1-3-5-7-9-11-15-16(13)14/h16H,1-11H2,(H,13,14). The van der Waals surface area contributed by atoms with Gasteiger partial charge in [-0.25, -0.2) is 0 Å². The fourth-order valence-corrected chi connectivity index (χ4v) is 2.31. The highest BCUT2D eigenvalue weighted by Gasteiger charge is 1.94. The minimum Gasteiger partial charge on any atom is -0.326 e. The minimum absolute atomic E-state index is 0.430. The Hall–Kier alpha value is 0.630. The predicted octanol–water partition coefficient (Wildman–Crippen LogP) is 4.29. The second kappa shape index (κ2) is 13.7. The van der Waals surface area contributed by atoms with E-state index in [4.69, 9.17) is 4.89 Å². The van der Waals surface area contributed by atoms with Crippen LogP contribution < -0.4 is 0 Å². The first-order chi connectivity index (χ1) is 7.77. The largest absolute Gasteiger partial charge is 0.326 e. The summed E-state index contributed by atoms with van der Waals surface area (Å²) in [5.74, 6) is 0. The average Bonchev–Trinajstić information content (AvgIpc) is 2.25. The van der Waals surface area contributed by atoms with E-state index >= 15 is 0 Å². The smallest absolute Gasteiger partial charge is 0.316 e. The van der Waals surface area contributed by atoms with Gasteiger partial charge >= 0.3 is 8.25 Å². The van der Waals surface area contributed by atoms with Crippen molar-refractivity contribution >= 4 is 24.2 Å². The van der Waals surface area contributed by atoms with Crippen molar-refractivity contribution in [1.29, 1.82) is 0 Å². The van der Waals surface area contributed by atoms with Gasteiger partial charge in [0, 0.05) is 5.33 Å². The van der Waals surface area contributed by atoms with Crippen LogP contribution in [0.25, 0.3) is 0 Å². The zero-order chi connectivity index (χ0) is 12.1. The third-order valence-corrected chi connectivity index (χ3v) is 3.52. The van der Waals surface area contributed by atoms with E-state index in [9.17, 15) is 4.57 Å². The number of alkyl halides is 1. The van der Waals surface area contributed by atoms with Gasteiger partial charge in [-0.2, -0.15) is 0 Å². The zero-order valence-corrected chi connectivity index (χ0v) is 12.5. The molecule has 0 radical (unpaired) electrons. The molecule has 16 heavy (non-hydrogen) atoms. The van der Waals surface area contributed by atoms with Gasteiger partial charge in [-0.05, 0) is 12.8 Å². The van der Waals surface area contributed by atoms with Crippen LogP contribution in [0.15, 0.2) is 0 Å². The first kappa shape index (κ1) is 16.6. The maximum absolute atomic E-state index is 10.2. The fourth-order valence-electron chi connectivity index (χ4n) is 1.59. The molecule has 0 spiro atoms. The van der Waals surface area contributed by atoms with Gasteiger partial charge in [0.25, 0.3) is 0 Å². The van der Waals surface area contributed by atoms with Crippen LogP contribution in [0.5, 0.6) is 0 Å². The van der Waals surface area contributed by atoms with Gasteiger partial charge in [-0.15, -0.1) is 0 Å². The van der Waals surface area contributed by atoms with E-state index in [2.05, 4.69) is 20.5 Å². The van der Waals surface area contributed by atoms with Crippen LogP contribution in [0, 0.1) is 0 Å². The van der Waals surface area contributed by atoms with Crippen LogP contribution in [0.3, 0.4) is 0 Å². The zero-order valence-electron chi connectivity index (χ0n) is 9.92. The minimum atomic E-state index is -2.70. The van der Waals surface area contributed by atoms with E-state index in [1.165, 1.54) is 44.9 Å². The lowest BCUT2D eigenvalue weighted by Crippen LogP contribution is -1.87. The van der Waals surface area contributed by atoms with Crippen molar-refractivity contribution in [2.45, 2.75) is 57.8 Å². The molecule has 0 heterocycles. The molecule has 1 N–H and O–H groups in total. The SMILES string of the molecule is O=[PH](O)OCCCCCCCCCCCBr. The Labute approximate surface area is 108 Å². The lowest BCUT2D eigenvalue weighted by molar-refractivity contribution is 0.273. The molecule has 0 saturated heterocycles. The summed E-state index contributed by atoms with van der Waals surface area (Å²) < 4.78 is 14.8. The summed E-state index contributed by atoms with van der Waals surface area (Å²) in [5.41, 5.74) is 0. The number of rotatable bonds is 12. The Morgan fingerprint density at radius 3 is 1.75 bits per heavy atom. The van der Waals surface area contributed by atoms with Crippen LogP contribution in [0.1, 0.15) is 57.8 Å². The molecule has 0 amide bonds. The van der Waals surface area contributed by atoms with Crippen molar-refractivity contribution in [2.24, 2.45) is 0 Å². The van der Waals surface area contributed by atoms with Crippen molar-refractivity contribution in [2.75, 3.05) is 11.9 Å². The molecule has 5 heteroatoms. The van der Waals surface area contributed by atoms with Gasteiger partial charge < -0.3 is 9.42 Å². The van der Waals surface area contributed by atoms with E-state index in [0.29, 0.717) is 6.61 Å². The molecule has 0 saturated carbocycles. The lowest BCUT2D eigenvalue weighted by Gasteiger charge is -2.02. The maximum Gasteiger partial charge on any atom is 0.316 e. The van der Waals surface area contributed by atoms with E-state index in [-0.39, 0.29) is 0 Å². The van der Waals surface area contributed by atoms with E-state index in [1.54, 1.807) is 0 Å². The van der Waals surface area contributed by atoms with Crippen molar-refractivity contribution in [3.8, 4) is 0 Å². The molecule has 0 aliphatic rings. The average molecular weight is 315 g/mol. The monoisotopic (exact) mass is 314 g/mol. The molecule has 98 valence electrons. The second-order valence-corrected chi connectivity index (χ2v) is 5.60. The summed E-state index contributed by atoms with van der Waals surface area (Å²) in [7, 11) is -2.70. The lowest BCUT2D eigenvalue weighted by atomic mass is 10.1. The summed E-state index contributed by atoms with van der Waals surface area (Å²) in [6.45, 7) is 0.430. The maximum atomic E-state index is 10.2. The molecule has 0 aromatic carbocycles. The molecule has 1 unspecified atom stereocenters. The van der Waals surface area contributed by atoms with Crippen LogP contribution in [-0.4, -0.2) is 16.8 Å². The van der Waals surface area contributed by atoms with E-state index in [0.717, 1.165) is 18.2 Å². The van der Waals surface area contributed by atoms with Crippen molar-refractivity contribution in [3.63, 3.8) is 0 Å². The molecule has 0 aliphatic carbocycles. The van der Waals surface area contributed by atoms with Crippen LogP contribution in [-0.2, 0) is 9.09 Å². The molecule has 0 aliphatic heterocycles. The Morgan fingerprint density at radius 1 is 0.875 bits per heavy atom. The van der Waals surface area contributed by atoms with Gasteiger partial charge in [-0.3, -0.25) is 4.57 Å². The molecule has 0 bridgehead atoms. The molecule has 0 aromatic rings. The Morgan fingerprint density at radius 2 is 1.31 bits per heavy atom. The van der Waals surface area contributed by atoms with Crippen LogP contribution in [0.2, 0.25) is 0 Å². The van der Waals surface area contributed by atoms with E-state index < -0.39 is 8.25 Å². The highest BCUT2D eigenvalue weighted by molar-refractivity contribution is 9.09. The van der Waals surface area contributed by atoms with Gasteiger partial charge in [0.05, 0.1) is 6.61 Å². The van der Waals surface area contributed by atoms with Gasteiger partial charge in [0.2, 0.25) is 0 Å². The highest BCUT2D eigenvalue weighted by atomic mass is 79.9. The number of unbranched alkanes of at least 4 members (excludes halogenated alkanes) is 8. The molecule has 1 atom stereocenters. The summed E-state index contributed by atoms with van der Waals surface area (Å²) in [6, 6.07) is 0. The molecule has 0 aromatic heterocycles. The Balaban J connectivity index is 2.90. The van der Waals surface area contributed by atoms with Crippen molar-refractivity contribution in [1.82, 2.24) is 0 Å².